The van der Waals surface area contributed by atoms with Gasteiger partial charge in [-0.2, -0.15) is 17.5 Å². The fourth-order valence-corrected chi connectivity index (χ4v) is 6.13. The average Bonchev–Trinajstić information content (AvgIpc) is 3.38. The summed E-state index contributed by atoms with van der Waals surface area (Å²) in [5, 5.41) is 16.8. The zero-order chi connectivity index (χ0) is 29.2. The van der Waals surface area contributed by atoms with E-state index in [-0.39, 0.29) is 61.7 Å². The maximum Gasteiger partial charge on any atom is 0.389 e. The van der Waals surface area contributed by atoms with E-state index in [4.69, 9.17) is 4.74 Å². The number of thiazole rings is 1. The Kier molecular flexibility index (Phi) is 12.5. The van der Waals surface area contributed by atoms with E-state index in [0.29, 0.717) is 0 Å². The minimum atomic E-state index is -4.61. The summed E-state index contributed by atoms with van der Waals surface area (Å²) >= 11 is 1.09. The van der Waals surface area contributed by atoms with Crippen molar-refractivity contribution in [1.29, 1.82) is 0 Å². The van der Waals surface area contributed by atoms with E-state index in [2.05, 4.69) is 15.6 Å². The number of alkyl halides is 3. The first-order valence-corrected chi connectivity index (χ1v) is 14.8. The molecule has 0 spiro atoms. The van der Waals surface area contributed by atoms with Gasteiger partial charge in [0.1, 0.15) is 6.04 Å². The molecule has 39 heavy (non-hydrogen) atoms. The van der Waals surface area contributed by atoms with Crippen LogP contribution in [0.5, 0.6) is 0 Å². The molecule has 1 aliphatic rings. The van der Waals surface area contributed by atoms with Gasteiger partial charge in [-0.25, -0.2) is 18.5 Å². The molecule has 0 saturated carbocycles. The third kappa shape index (κ3) is 11.0. The predicted octanol–water partition coefficient (Wildman–Crippen LogP) is 1.84. The SMILES string of the molecule is CC(C)C[C@@H](C(=O)N[C@@H](CCS(=O)(=O)N1CCOCC1)C(=O)Nc1nccs1)[C@H](CCC(F)(F)F)N(O)C=O. The zero-order valence-corrected chi connectivity index (χ0v) is 23.2. The number of aromatic nitrogens is 1. The summed E-state index contributed by atoms with van der Waals surface area (Å²) in [5.41, 5.74) is 0. The number of nitrogens with zero attached hydrogens (tertiary/aromatic N) is 3. The molecular formula is C22H34F3N5O7S2. The van der Waals surface area contributed by atoms with Crippen LogP contribution in [0.4, 0.5) is 18.3 Å². The van der Waals surface area contributed by atoms with Crippen molar-refractivity contribution in [3.63, 3.8) is 0 Å². The molecule has 3 amide bonds. The van der Waals surface area contributed by atoms with E-state index in [1.807, 2.05) is 0 Å². The molecule has 0 bridgehead atoms. The Labute approximate surface area is 228 Å². The van der Waals surface area contributed by atoms with Crippen LogP contribution >= 0.6 is 11.3 Å². The van der Waals surface area contributed by atoms with Crippen LogP contribution in [0.2, 0.25) is 0 Å². The van der Waals surface area contributed by atoms with Crippen LogP contribution < -0.4 is 10.6 Å². The fourth-order valence-electron chi connectivity index (χ4n) is 4.10. The van der Waals surface area contributed by atoms with Gasteiger partial charge in [-0.05, 0) is 25.2 Å². The lowest BCUT2D eigenvalue weighted by molar-refractivity contribution is -0.178. The lowest BCUT2D eigenvalue weighted by atomic mass is 9.86. The Bertz CT molecular complexity index is 1040. The number of hydroxylamine groups is 2. The number of hydrogen-bond donors (Lipinski definition) is 3. The van der Waals surface area contributed by atoms with Crippen LogP contribution in [0.3, 0.4) is 0 Å². The van der Waals surface area contributed by atoms with Crippen LogP contribution in [0.25, 0.3) is 0 Å². The lowest BCUT2D eigenvalue weighted by Gasteiger charge is -2.32. The first kappa shape index (κ1) is 32.9. The molecule has 1 aliphatic heterocycles. The van der Waals surface area contributed by atoms with E-state index >= 15 is 0 Å². The molecule has 3 N–H and O–H groups in total. The Hall–Kier alpha value is -2.34. The number of nitrogens with one attached hydrogen (secondary N) is 2. The minimum Gasteiger partial charge on any atom is -0.379 e. The van der Waals surface area contributed by atoms with Crippen molar-refractivity contribution in [3.8, 4) is 0 Å². The van der Waals surface area contributed by atoms with E-state index in [9.17, 15) is 41.2 Å². The number of carbonyl (C=O) groups is 3. The molecule has 12 nitrogen and oxygen atoms in total. The molecule has 17 heteroatoms. The van der Waals surface area contributed by atoms with Crippen LogP contribution in [0.15, 0.2) is 11.6 Å². The maximum atomic E-state index is 13.4. The molecule has 2 rings (SSSR count). The fraction of sp³-hybridized carbons (Fsp3) is 0.727. The van der Waals surface area contributed by atoms with Crippen LogP contribution in [-0.4, -0.2) is 96.5 Å². The Morgan fingerprint density at radius 1 is 1.26 bits per heavy atom. The first-order chi connectivity index (χ1) is 18.2. The molecule has 2 heterocycles. The van der Waals surface area contributed by atoms with Crippen LogP contribution in [-0.2, 0) is 29.1 Å². The quantitative estimate of drug-likeness (QED) is 0.156. The molecular weight excluding hydrogens is 567 g/mol. The van der Waals surface area contributed by atoms with E-state index in [1.54, 1.807) is 19.2 Å². The molecule has 0 unspecified atom stereocenters. The van der Waals surface area contributed by atoms with Crippen molar-refractivity contribution < 1.29 is 45.9 Å². The van der Waals surface area contributed by atoms with Crippen LogP contribution in [0.1, 0.15) is 39.5 Å². The summed E-state index contributed by atoms with van der Waals surface area (Å²) in [7, 11) is -3.82. The minimum absolute atomic E-state index is 0.0217. The Morgan fingerprint density at radius 2 is 1.92 bits per heavy atom. The maximum absolute atomic E-state index is 13.4. The highest BCUT2D eigenvalue weighted by molar-refractivity contribution is 7.89. The van der Waals surface area contributed by atoms with Gasteiger partial charge >= 0.3 is 6.18 Å². The monoisotopic (exact) mass is 601 g/mol. The smallest absolute Gasteiger partial charge is 0.379 e. The molecule has 0 aromatic carbocycles. The van der Waals surface area contributed by atoms with Crippen LogP contribution in [0, 0.1) is 11.8 Å². The predicted molar refractivity (Wildman–Crippen MR) is 135 cm³/mol. The highest BCUT2D eigenvalue weighted by Crippen LogP contribution is 2.29. The number of amides is 3. The summed E-state index contributed by atoms with van der Waals surface area (Å²) in [6.07, 6.45) is -5.75. The first-order valence-electron chi connectivity index (χ1n) is 12.3. The molecule has 1 aromatic heterocycles. The van der Waals surface area contributed by atoms with Crippen molar-refractivity contribution in [1.82, 2.24) is 19.7 Å². The summed E-state index contributed by atoms with van der Waals surface area (Å²) in [6.45, 7) is 4.11. The van der Waals surface area contributed by atoms with Gasteiger partial charge in [0.2, 0.25) is 28.2 Å². The largest absolute Gasteiger partial charge is 0.389 e. The molecule has 0 radical (unpaired) electrons. The van der Waals surface area contributed by atoms with Gasteiger partial charge in [0.05, 0.1) is 30.9 Å². The number of anilines is 1. The van der Waals surface area contributed by atoms with E-state index < -0.39 is 64.6 Å². The molecule has 1 fully saturated rings. The van der Waals surface area contributed by atoms with Gasteiger partial charge in [-0.3, -0.25) is 19.6 Å². The lowest BCUT2D eigenvalue weighted by Crippen LogP contribution is -2.52. The van der Waals surface area contributed by atoms with Gasteiger partial charge in [-0.1, -0.05) is 13.8 Å². The average molecular weight is 602 g/mol. The van der Waals surface area contributed by atoms with Gasteiger partial charge in [0.25, 0.3) is 0 Å². The van der Waals surface area contributed by atoms with Crippen molar-refractivity contribution in [2.24, 2.45) is 11.8 Å². The van der Waals surface area contributed by atoms with Crippen molar-refractivity contribution >= 4 is 44.7 Å². The summed E-state index contributed by atoms with van der Waals surface area (Å²) in [5.74, 6) is -3.75. The Morgan fingerprint density at radius 3 is 2.46 bits per heavy atom. The van der Waals surface area contributed by atoms with Crippen molar-refractivity contribution in [3.05, 3.63) is 11.6 Å². The topological polar surface area (TPSA) is 158 Å². The summed E-state index contributed by atoms with van der Waals surface area (Å²) in [4.78, 5) is 41.6. The van der Waals surface area contributed by atoms with Crippen molar-refractivity contribution in [2.75, 3.05) is 37.4 Å². The second-order valence-electron chi connectivity index (χ2n) is 9.45. The third-order valence-corrected chi connectivity index (χ3v) is 8.61. The second-order valence-corrected chi connectivity index (χ2v) is 12.4. The van der Waals surface area contributed by atoms with Gasteiger partial charge < -0.3 is 15.4 Å². The molecule has 0 aliphatic carbocycles. The zero-order valence-electron chi connectivity index (χ0n) is 21.6. The number of hydrogen-bond acceptors (Lipinski definition) is 9. The van der Waals surface area contributed by atoms with Crippen molar-refractivity contribution in [2.45, 2.75) is 57.8 Å². The summed E-state index contributed by atoms with van der Waals surface area (Å²) < 4.78 is 70.9. The number of morpholine rings is 1. The highest BCUT2D eigenvalue weighted by Gasteiger charge is 2.38. The highest BCUT2D eigenvalue weighted by atomic mass is 32.2. The van der Waals surface area contributed by atoms with E-state index in [1.165, 1.54) is 10.5 Å². The van der Waals surface area contributed by atoms with Gasteiger partial charge in [0, 0.05) is 31.1 Å². The molecule has 1 aromatic rings. The number of halogens is 3. The number of sulfonamides is 1. The third-order valence-electron chi connectivity index (χ3n) is 6.02. The number of rotatable bonds is 15. The van der Waals surface area contributed by atoms with Gasteiger partial charge in [-0.15, -0.1) is 11.3 Å². The summed E-state index contributed by atoms with van der Waals surface area (Å²) in [6, 6.07) is -2.94. The molecule has 1 saturated heterocycles. The normalized spacial score (nSPS) is 17.3. The number of ether oxygens (including phenoxy) is 1. The van der Waals surface area contributed by atoms with Gasteiger partial charge in [0.15, 0.2) is 5.13 Å². The second kappa shape index (κ2) is 14.9. The Balaban J connectivity index is 2.28. The molecule has 222 valence electrons. The van der Waals surface area contributed by atoms with E-state index in [0.717, 1.165) is 11.3 Å². The number of carbonyl (C=O) groups excluding carboxylic acids is 3. The standard InChI is InChI=1S/C22H34F3N5O7S2/c1-15(2)13-16(18(30(34)14-31)3-5-22(23,24)25)19(32)27-17(20(33)28-21-26-6-11-38-21)4-12-39(35,36)29-7-9-37-10-8-29/h6,11,14-18,34H,3-5,7-10,12-13H2,1-2H3,(H,27,32)(H,26,28,33)/t16-,17+,18+/m1/s1. The molecule has 3 atom stereocenters.